The van der Waals surface area contributed by atoms with E-state index in [9.17, 15) is 9.50 Å². The number of rotatable bonds is 7. The predicted molar refractivity (Wildman–Crippen MR) is 72.9 cm³/mol. The van der Waals surface area contributed by atoms with Gasteiger partial charge in [0.15, 0.2) is 0 Å². The molecule has 1 rings (SSSR count). The van der Waals surface area contributed by atoms with Crippen LogP contribution in [0.25, 0.3) is 0 Å². The van der Waals surface area contributed by atoms with Crippen molar-refractivity contribution in [3.8, 4) is 0 Å². The van der Waals surface area contributed by atoms with Crippen LogP contribution in [-0.2, 0) is 0 Å². The van der Waals surface area contributed by atoms with E-state index < -0.39 is 0 Å². The third kappa shape index (κ3) is 4.75. The van der Waals surface area contributed by atoms with Crippen molar-refractivity contribution in [3.05, 3.63) is 35.6 Å². The van der Waals surface area contributed by atoms with Gasteiger partial charge in [-0.15, -0.1) is 0 Å². The standard InChI is InChI=1S/C15H24FNO/c1-4-14(12-5-7-13(16)8-6-12)17-10-9-15(18)11(2)3/h5-8,11,14-15,17-18H,4,9-10H2,1-3H3. The molecule has 2 atom stereocenters. The van der Waals surface area contributed by atoms with Crippen LogP contribution in [0.4, 0.5) is 4.39 Å². The average Bonchev–Trinajstić information content (AvgIpc) is 2.35. The fourth-order valence-corrected chi connectivity index (χ4v) is 1.93. The lowest BCUT2D eigenvalue weighted by atomic mass is 10.0. The van der Waals surface area contributed by atoms with Crippen molar-refractivity contribution >= 4 is 0 Å². The van der Waals surface area contributed by atoms with Crippen molar-refractivity contribution < 1.29 is 9.50 Å². The van der Waals surface area contributed by atoms with Crippen molar-refractivity contribution in [2.45, 2.75) is 45.8 Å². The summed E-state index contributed by atoms with van der Waals surface area (Å²) in [5, 5.41) is 13.1. The van der Waals surface area contributed by atoms with E-state index in [2.05, 4.69) is 12.2 Å². The van der Waals surface area contributed by atoms with E-state index in [1.807, 2.05) is 26.0 Å². The topological polar surface area (TPSA) is 32.3 Å². The Morgan fingerprint density at radius 2 is 1.83 bits per heavy atom. The molecule has 0 radical (unpaired) electrons. The van der Waals surface area contributed by atoms with Crippen LogP contribution in [-0.4, -0.2) is 17.8 Å². The van der Waals surface area contributed by atoms with Crippen LogP contribution < -0.4 is 5.32 Å². The maximum atomic E-state index is 12.8. The number of hydrogen-bond acceptors (Lipinski definition) is 2. The van der Waals surface area contributed by atoms with Crippen LogP contribution in [0.2, 0.25) is 0 Å². The van der Waals surface area contributed by atoms with Gasteiger partial charge in [0.25, 0.3) is 0 Å². The molecule has 102 valence electrons. The molecule has 1 aromatic carbocycles. The minimum Gasteiger partial charge on any atom is -0.393 e. The summed E-state index contributed by atoms with van der Waals surface area (Å²) in [7, 11) is 0. The van der Waals surface area contributed by atoms with Crippen molar-refractivity contribution in [3.63, 3.8) is 0 Å². The Hall–Kier alpha value is -0.930. The Morgan fingerprint density at radius 3 is 2.33 bits per heavy atom. The van der Waals surface area contributed by atoms with Crippen LogP contribution in [0, 0.1) is 11.7 Å². The Kier molecular flexibility index (Phi) is 6.30. The molecule has 0 saturated carbocycles. The molecule has 3 heteroatoms. The monoisotopic (exact) mass is 253 g/mol. The van der Waals surface area contributed by atoms with E-state index >= 15 is 0 Å². The molecule has 2 nitrogen and oxygen atoms in total. The zero-order valence-corrected chi connectivity index (χ0v) is 11.5. The molecular weight excluding hydrogens is 229 g/mol. The molecule has 0 amide bonds. The molecule has 0 fully saturated rings. The van der Waals surface area contributed by atoms with Gasteiger partial charge in [-0.2, -0.15) is 0 Å². The summed E-state index contributed by atoms with van der Waals surface area (Å²) in [6.07, 6.45) is 1.43. The smallest absolute Gasteiger partial charge is 0.123 e. The van der Waals surface area contributed by atoms with Crippen molar-refractivity contribution in [1.29, 1.82) is 0 Å². The number of benzene rings is 1. The summed E-state index contributed by atoms with van der Waals surface area (Å²) >= 11 is 0. The SMILES string of the molecule is CCC(NCCC(O)C(C)C)c1ccc(F)cc1. The van der Waals surface area contributed by atoms with E-state index in [0.29, 0.717) is 0 Å². The first-order valence-electron chi connectivity index (χ1n) is 6.71. The Balaban J connectivity index is 2.45. The Morgan fingerprint density at radius 1 is 1.22 bits per heavy atom. The zero-order chi connectivity index (χ0) is 13.5. The Bertz CT molecular complexity index is 337. The van der Waals surface area contributed by atoms with Gasteiger partial charge < -0.3 is 10.4 Å². The third-order valence-electron chi connectivity index (χ3n) is 3.28. The maximum Gasteiger partial charge on any atom is 0.123 e. The molecule has 0 aliphatic carbocycles. The highest BCUT2D eigenvalue weighted by Crippen LogP contribution is 2.17. The van der Waals surface area contributed by atoms with Gasteiger partial charge in [0.05, 0.1) is 6.10 Å². The van der Waals surface area contributed by atoms with Crippen LogP contribution in [0.5, 0.6) is 0 Å². The molecule has 18 heavy (non-hydrogen) atoms. The van der Waals surface area contributed by atoms with Gasteiger partial charge in [0, 0.05) is 6.04 Å². The van der Waals surface area contributed by atoms with E-state index in [0.717, 1.165) is 24.9 Å². The summed E-state index contributed by atoms with van der Waals surface area (Å²) in [6.45, 7) is 6.90. The molecule has 2 N–H and O–H groups in total. The highest BCUT2D eigenvalue weighted by molar-refractivity contribution is 5.19. The van der Waals surface area contributed by atoms with Crippen molar-refractivity contribution in [2.24, 2.45) is 5.92 Å². The summed E-state index contributed by atoms with van der Waals surface area (Å²) < 4.78 is 12.8. The molecular formula is C15H24FNO. The maximum absolute atomic E-state index is 12.8. The highest BCUT2D eigenvalue weighted by atomic mass is 19.1. The fourth-order valence-electron chi connectivity index (χ4n) is 1.93. The van der Waals surface area contributed by atoms with E-state index in [-0.39, 0.29) is 23.9 Å². The number of aliphatic hydroxyl groups excluding tert-OH is 1. The molecule has 2 unspecified atom stereocenters. The van der Waals surface area contributed by atoms with Gasteiger partial charge in [0.1, 0.15) is 5.82 Å². The first-order chi connectivity index (χ1) is 8.54. The quantitative estimate of drug-likeness (QED) is 0.781. The first kappa shape index (κ1) is 15.1. The second kappa shape index (κ2) is 7.49. The van der Waals surface area contributed by atoms with Gasteiger partial charge in [-0.05, 0) is 43.0 Å². The van der Waals surface area contributed by atoms with Crippen molar-refractivity contribution in [1.82, 2.24) is 5.32 Å². The van der Waals surface area contributed by atoms with Gasteiger partial charge in [-0.3, -0.25) is 0 Å². The van der Waals surface area contributed by atoms with Gasteiger partial charge >= 0.3 is 0 Å². The molecule has 0 aliphatic rings. The zero-order valence-electron chi connectivity index (χ0n) is 11.5. The minimum absolute atomic E-state index is 0.205. The summed E-state index contributed by atoms with van der Waals surface area (Å²) in [5.74, 6) is 0.0848. The number of aliphatic hydroxyl groups is 1. The van der Waals surface area contributed by atoms with E-state index in [1.54, 1.807) is 0 Å². The molecule has 0 heterocycles. The second-order valence-corrected chi connectivity index (χ2v) is 5.07. The molecule has 0 saturated heterocycles. The van der Waals surface area contributed by atoms with Crippen LogP contribution in [0.3, 0.4) is 0 Å². The van der Waals surface area contributed by atoms with Gasteiger partial charge in [-0.25, -0.2) is 4.39 Å². The highest BCUT2D eigenvalue weighted by Gasteiger charge is 2.11. The minimum atomic E-state index is -0.261. The third-order valence-corrected chi connectivity index (χ3v) is 3.28. The van der Waals surface area contributed by atoms with Crippen LogP contribution in [0.15, 0.2) is 24.3 Å². The summed E-state index contributed by atoms with van der Waals surface area (Å²) in [6, 6.07) is 6.83. The number of halogens is 1. The summed E-state index contributed by atoms with van der Waals surface area (Å²) in [4.78, 5) is 0. The molecule has 0 aliphatic heterocycles. The lowest BCUT2D eigenvalue weighted by Gasteiger charge is -2.20. The first-order valence-corrected chi connectivity index (χ1v) is 6.71. The molecule has 1 aromatic rings. The normalized spacial score (nSPS) is 14.8. The van der Waals surface area contributed by atoms with Gasteiger partial charge in [-0.1, -0.05) is 32.9 Å². The van der Waals surface area contributed by atoms with Crippen LogP contribution in [0.1, 0.15) is 45.2 Å². The molecule has 0 aromatic heterocycles. The molecule has 0 spiro atoms. The van der Waals surface area contributed by atoms with E-state index in [1.165, 1.54) is 12.1 Å². The predicted octanol–water partition coefficient (Wildman–Crippen LogP) is 3.27. The second-order valence-electron chi connectivity index (χ2n) is 5.07. The fraction of sp³-hybridized carbons (Fsp3) is 0.600. The lowest BCUT2D eigenvalue weighted by Crippen LogP contribution is -2.26. The average molecular weight is 253 g/mol. The van der Waals surface area contributed by atoms with Crippen LogP contribution >= 0.6 is 0 Å². The molecule has 0 bridgehead atoms. The lowest BCUT2D eigenvalue weighted by molar-refractivity contribution is 0.115. The number of hydrogen-bond donors (Lipinski definition) is 2. The number of nitrogens with one attached hydrogen (secondary N) is 1. The largest absolute Gasteiger partial charge is 0.393 e. The summed E-state index contributed by atoms with van der Waals surface area (Å²) in [5.41, 5.74) is 1.10. The van der Waals surface area contributed by atoms with E-state index in [4.69, 9.17) is 0 Å². The van der Waals surface area contributed by atoms with Gasteiger partial charge in [0.2, 0.25) is 0 Å². The van der Waals surface area contributed by atoms with Crippen molar-refractivity contribution in [2.75, 3.05) is 6.54 Å². The Labute approximate surface area is 109 Å².